The number of rotatable bonds is 2. The van der Waals surface area contributed by atoms with E-state index in [0.29, 0.717) is 0 Å². The summed E-state index contributed by atoms with van der Waals surface area (Å²) in [5.74, 6) is -2.08. The Hall–Kier alpha value is -1.05. The summed E-state index contributed by atoms with van der Waals surface area (Å²) in [6, 6.07) is 1.03. The number of para-hydroxylation sites is 1. The highest BCUT2D eigenvalue weighted by atomic mass is 35.5. The van der Waals surface area contributed by atoms with Gasteiger partial charge < -0.3 is 15.9 Å². The fourth-order valence-electron chi connectivity index (χ4n) is 1.17. The van der Waals surface area contributed by atoms with Crippen LogP contribution in [0, 0.1) is 5.82 Å². The predicted molar refractivity (Wildman–Crippen MR) is 54.3 cm³/mol. The van der Waals surface area contributed by atoms with Gasteiger partial charge in [-0.25, -0.2) is 4.39 Å². The molecule has 0 aliphatic carbocycles. The van der Waals surface area contributed by atoms with E-state index in [1.165, 1.54) is 0 Å². The number of phenolic OH excluding ortho intramolecular Hbond substituents is 1. The van der Waals surface area contributed by atoms with Crippen LogP contribution in [0.2, 0.25) is 0 Å². The van der Waals surface area contributed by atoms with Crippen molar-refractivity contribution in [3.63, 3.8) is 0 Å². The van der Waals surface area contributed by atoms with Gasteiger partial charge in [0.25, 0.3) is 0 Å². The zero-order valence-electron chi connectivity index (χ0n) is 8.28. The van der Waals surface area contributed by atoms with Gasteiger partial charge in [0.2, 0.25) is 0 Å². The lowest BCUT2D eigenvalue weighted by molar-refractivity contribution is -0.210. The van der Waals surface area contributed by atoms with Crippen LogP contribution in [-0.2, 0) is 0 Å². The van der Waals surface area contributed by atoms with E-state index in [-0.39, 0.29) is 12.4 Å². The van der Waals surface area contributed by atoms with Gasteiger partial charge in [-0.1, -0.05) is 12.1 Å². The number of aliphatic hydroxyl groups is 1. The summed E-state index contributed by atoms with van der Waals surface area (Å²) in [5, 5.41) is 18.0. The molecular weight excluding hydrogens is 266 g/mol. The maximum absolute atomic E-state index is 12.8. The minimum Gasteiger partial charge on any atom is -0.505 e. The minimum atomic E-state index is -4.93. The van der Waals surface area contributed by atoms with Crippen molar-refractivity contribution in [2.75, 3.05) is 0 Å². The summed E-state index contributed by atoms with van der Waals surface area (Å²) in [7, 11) is 0. The first-order chi connectivity index (χ1) is 7.25. The van der Waals surface area contributed by atoms with Crippen molar-refractivity contribution in [2.24, 2.45) is 5.73 Å². The fourth-order valence-corrected chi connectivity index (χ4v) is 1.17. The number of nitrogens with two attached hydrogens (primary N) is 1. The standard InChI is InChI=1S/C9H9F4NO2.ClH/c10-5-3-1-2-4(7(5)15)6(14)8(16)9(11,12)13;/h1-3,6,8,15-16H,14H2;1H/t6-,8-;/m0./s1. The molecular formula is C9H10ClF4NO2. The first-order valence-electron chi connectivity index (χ1n) is 4.23. The Kier molecular flexibility index (Phi) is 5.18. The van der Waals surface area contributed by atoms with E-state index in [9.17, 15) is 17.6 Å². The van der Waals surface area contributed by atoms with E-state index in [1.54, 1.807) is 0 Å². The zero-order valence-corrected chi connectivity index (χ0v) is 9.10. The van der Waals surface area contributed by atoms with Gasteiger partial charge in [-0.3, -0.25) is 0 Å². The number of alkyl halides is 3. The average molecular weight is 276 g/mol. The van der Waals surface area contributed by atoms with Gasteiger partial charge in [0.1, 0.15) is 0 Å². The van der Waals surface area contributed by atoms with Gasteiger partial charge in [0, 0.05) is 5.56 Å². The van der Waals surface area contributed by atoms with Gasteiger partial charge in [-0.05, 0) is 6.07 Å². The van der Waals surface area contributed by atoms with Crippen LogP contribution in [0.4, 0.5) is 17.6 Å². The summed E-state index contributed by atoms with van der Waals surface area (Å²) in [5.41, 5.74) is 4.60. The van der Waals surface area contributed by atoms with Crippen molar-refractivity contribution in [3.05, 3.63) is 29.6 Å². The van der Waals surface area contributed by atoms with Crippen LogP contribution < -0.4 is 5.73 Å². The van der Waals surface area contributed by atoms with E-state index >= 15 is 0 Å². The van der Waals surface area contributed by atoms with Crippen molar-refractivity contribution in [2.45, 2.75) is 18.3 Å². The van der Waals surface area contributed by atoms with Crippen molar-refractivity contribution in [1.29, 1.82) is 0 Å². The molecule has 0 fully saturated rings. The lowest BCUT2D eigenvalue weighted by Crippen LogP contribution is -2.38. The number of phenols is 1. The van der Waals surface area contributed by atoms with Crippen LogP contribution in [0.15, 0.2) is 18.2 Å². The maximum atomic E-state index is 12.8. The van der Waals surface area contributed by atoms with Gasteiger partial charge >= 0.3 is 6.18 Å². The molecule has 0 saturated heterocycles. The van der Waals surface area contributed by atoms with Crippen LogP contribution in [0.5, 0.6) is 5.75 Å². The number of benzene rings is 1. The molecule has 0 heterocycles. The van der Waals surface area contributed by atoms with Crippen molar-refractivity contribution < 1.29 is 27.8 Å². The van der Waals surface area contributed by atoms with Gasteiger partial charge in [0.05, 0.1) is 6.04 Å². The summed E-state index contributed by atoms with van der Waals surface area (Å²) < 4.78 is 49.2. The quantitative estimate of drug-likeness (QED) is 0.722. The van der Waals surface area contributed by atoms with Gasteiger partial charge in [-0.2, -0.15) is 13.2 Å². The third-order valence-corrected chi connectivity index (χ3v) is 2.05. The van der Waals surface area contributed by atoms with Crippen LogP contribution in [0.3, 0.4) is 0 Å². The Bertz CT molecular complexity index is 386. The summed E-state index contributed by atoms with van der Waals surface area (Å²) in [6.45, 7) is 0. The van der Waals surface area contributed by atoms with Crippen LogP contribution in [0.25, 0.3) is 0 Å². The SMILES string of the molecule is Cl.N[C@@H](c1cccc(F)c1O)[C@H](O)C(F)(F)F. The highest BCUT2D eigenvalue weighted by Gasteiger charge is 2.43. The molecule has 0 saturated carbocycles. The maximum Gasteiger partial charge on any atom is 0.416 e. The van der Waals surface area contributed by atoms with E-state index < -0.39 is 35.5 Å². The molecule has 4 N–H and O–H groups in total. The molecule has 0 unspecified atom stereocenters. The third-order valence-electron chi connectivity index (χ3n) is 2.05. The summed E-state index contributed by atoms with van der Waals surface area (Å²) in [6.07, 6.45) is -7.79. The molecule has 1 aromatic rings. The molecule has 0 amide bonds. The van der Waals surface area contributed by atoms with Gasteiger partial charge in [-0.15, -0.1) is 12.4 Å². The Labute approximate surface area is 100 Å². The Morgan fingerprint density at radius 2 is 1.76 bits per heavy atom. The minimum absolute atomic E-state index is 0. The molecule has 1 aromatic carbocycles. The van der Waals surface area contributed by atoms with E-state index in [2.05, 4.69) is 0 Å². The average Bonchev–Trinajstić information content (AvgIpc) is 2.18. The van der Waals surface area contributed by atoms with E-state index in [0.717, 1.165) is 18.2 Å². The Balaban J connectivity index is 0.00000256. The number of hydrogen-bond acceptors (Lipinski definition) is 3. The van der Waals surface area contributed by atoms with Crippen LogP contribution in [0.1, 0.15) is 11.6 Å². The molecule has 0 radical (unpaired) electrons. The molecule has 8 heteroatoms. The second-order valence-corrected chi connectivity index (χ2v) is 3.19. The number of hydrogen-bond donors (Lipinski definition) is 3. The highest BCUT2D eigenvalue weighted by Crippen LogP contribution is 2.33. The number of halogens is 5. The normalized spacial score (nSPS) is 14.9. The number of aliphatic hydroxyl groups excluding tert-OH is 1. The van der Waals surface area contributed by atoms with Crippen LogP contribution in [-0.4, -0.2) is 22.5 Å². The molecule has 17 heavy (non-hydrogen) atoms. The predicted octanol–water partition coefficient (Wildman–Crippen LogP) is 1.88. The molecule has 0 bridgehead atoms. The van der Waals surface area contributed by atoms with Crippen molar-refractivity contribution in [3.8, 4) is 5.75 Å². The molecule has 2 atom stereocenters. The second kappa shape index (κ2) is 5.52. The Morgan fingerprint density at radius 1 is 1.24 bits per heavy atom. The molecule has 3 nitrogen and oxygen atoms in total. The second-order valence-electron chi connectivity index (χ2n) is 3.19. The molecule has 0 aromatic heterocycles. The van der Waals surface area contributed by atoms with Gasteiger partial charge in [0.15, 0.2) is 17.7 Å². The molecule has 1 rings (SSSR count). The largest absolute Gasteiger partial charge is 0.505 e. The van der Waals surface area contributed by atoms with Crippen molar-refractivity contribution in [1.82, 2.24) is 0 Å². The number of aromatic hydroxyl groups is 1. The summed E-state index contributed by atoms with van der Waals surface area (Å²) in [4.78, 5) is 0. The molecule has 98 valence electrons. The fraction of sp³-hybridized carbons (Fsp3) is 0.333. The zero-order chi connectivity index (χ0) is 12.5. The first kappa shape index (κ1) is 16.0. The highest BCUT2D eigenvalue weighted by molar-refractivity contribution is 5.85. The summed E-state index contributed by atoms with van der Waals surface area (Å²) >= 11 is 0. The van der Waals surface area contributed by atoms with Crippen molar-refractivity contribution >= 4 is 12.4 Å². The topological polar surface area (TPSA) is 66.5 Å². The van der Waals surface area contributed by atoms with Crippen LogP contribution >= 0.6 is 12.4 Å². The smallest absolute Gasteiger partial charge is 0.416 e. The Morgan fingerprint density at radius 3 is 2.24 bits per heavy atom. The monoisotopic (exact) mass is 275 g/mol. The molecule has 0 aliphatic rings. The lowest BCUT2D eigenvalue weighted by Gasteiger charge is -2.22. The van der Waals surface area contributed by atoms with E-state index in [4.69, 9.17) is 15.9 Å². The third kappa shape index (κ3) is 3.45. The molecule has 0 spiro atoms. The lowest BCUT2D eigenvalue weighted by atomic mass is 10.0. The first-order valence-corrected chi connectivity index (χ1v) is 4.23. The molecule has 0 aliphatic heterocycles. The van der Waals surface area contributed by atoms with E-state index in [1.807, 2.05) is 0 Å².